The Hall–Kier alpha value is -1.56. The van der Waals surface area contributed by atoms with Gasteiger partial charge in [0.1, 0.15) is 9.84 Å². The minimum Gasteiger partial charge on any atom is -0.381 e. The maximum atomic E-state index is 11.7. The van der Waals surface area contributed by atoms with Gasteiger partial charge >= 0.3 is 0 Å². The Balaban J connectivity index is 2.81. The summed E-state index contributed by atoms with van der Waals surface area (Å²) in [5.74, 6) is -0.0313. The van der Waals surface area contributed by atoms with Gasteiger partial charge in [0.25, 0.3) is 5.91 Å². The first kappa shape index (κ1) is 16.5. The van der Waals surface area contributed by atoms with E-state index in [0.29, 0.717) is 12.1 Å². The zero-order chi connectivity index (χ0) is 15.3. The largest absolute Gasteiger partial charge is 0.381 e. The molecule has 1 unspecified atom stereocenters. The molecule has 1 aromatic rings. The molecule has 1 rings (SSSR count). The summed E-state index contributed by atoms with van der Waals surface area (Å²) in [7, 11) is -3.01. The number of anilines is 1. The Morgan fingerprint density at radius 2 is 2.00 bits per heavy atom. The molecule has 112 valence electrons. The lowest BCUT2D eigenvalue weighted by atomic mass is 10.1. The molecule has 1 aromatic carbocycles. The van der Waals surface area contributed by atoms with Crippen LogP contribution >= 0.6 is 0 Å². The van der Waals surface area contributed by atoms with Crippen LogP contribution in [0.2, 0.25) is 0 Å². The summed E-state index contributed by atoms with van der Waals surface area (Å²) >= 11 is 0. The minimum atomic E-state index is -3.01. The summed E-state index contributed by atoms with van der Waals surface area (Å²) in [6.07, 6.45) is 1.22. The molecule has 0 saturated heterocycles. The average molecular weight is 298 g/mol. The highest BCUT2D eigenvalue weighted by Crippen LogP contribution is 2.17. The fourth-order valence-corrected chi connectivity index (χ4v) is 2.98. The fraction of sp³-hybridized carbons (Fsp3) is 0.500. The number of carbonyl (C=O) groups excluding carboxylic acids is 1. The van der Waals surface area contributed by atoms with Crippen LogP contribution in [-0.4, -0.2) is 38.9 Å². The van der Waals surface area contributed by atoms with E-state index in [9.17, 15) is 13.2 Å². The normalized spacial score (nSPS) is 12.8. The van der Waals surface area contributed by atoms with Crippen LogP contribution in [0.15, 0.2) is 18.2 Å². The lowest BCUT2D eigenvalue weighted by Gasteiger charge is -2.16. The van der Waals surface area contributed by atoms with E-state index in [1.54, 1.807) is 18.2 Å². The van der Waals surface area contributed by atoms with Gasteiger partial charge in [0.05, 0.1) is 5.75 Å². The molecule has 1 atom stereocenters. The zero-order valence-electron chi connectivity index (χ0n) is 12.4. The Kier molecular flexibility index (Phi) is 5.56. The van der Waals surface area contributed by atoms with Crippen LogP contribution in [-0.2, 0) is 9.84 Å². The van der Waals surface area contributed by atoms with Gasteiger partial charge in [-0.2, -0.15) is 0 Å². The van der Waals surface area contributed by atoms with Crippen molar-refractivity contribution in [3.05, 3.63) is 29.3 Å². The van der Waals surface area contributed by atoms with Crippen LogP contribution < -0.4 is 10.6 Å². The summed E-state index contributed by atoms with van der Waals surface area (Å²) in [6, 6.07) is 5.14. The van der Waals surface area contributed by atoms with Crippen molar-refractivity contribution in [1.29, 1.82) is 0 Å². The molecule has 0 aliphatic carbocycles. The molecule has 0 fully saturated rings. The predicted octanol–water partition coefficient (Wildman–Crippen LogP) is 1.59. The average Bonchev–Trinajstić information content (AvgIpc) is 2.29. The third-order valence-corrected chi connectivity index (χ3v) is 3.89. The van der Waals surface area contributed by atoms with Crippen LogP contribution in [0.4, 0.5) is 5.69 Å². The van der Waals surface area contributed by atoms with Crippen molar-refractivity contribution in [3.63, 3.8) is 0 Å². The number of sulfone groups is 1. The summed E-state index contributed by atoms with van der Waals surface area (Å²) < 4.78 is 22.5. The minimum absolute atomic E-state index is 0.0739. The summed E-state index contributed by atoms with van der Waals surface area (Å²) in [6.45, 7) is 6.16. The van der Waals surface area contributed by atoms with Gasteiger partial charge in [-0.05, 0) is 44.5 Å². The Bertz CT molecular complexity index is 582. The van der Waals surface area contributed by atoms with Crippen LogP contribution in [0, 0.1) is 6.92 Å². The number of amides is 1. The van der Waals surface area contributed by atoms with E-state index < -0.39 is 9.84 Å². The van der Waals surface area contributed by atoms with Gasteiger partial charge in [-0.15, -0.1) is 0 Å². The quantitative estimate of drug-likeness (QED) is 0.836. The van der Waals surface area contributed by atoms with E-state index in [-0.39, 0.29) is 17.7 Å². The third-order valence-electron chi connectivity index (χ3n) is 2.78. The highest BCUT2D eigenvalue weighted by atomic mass is 32.2. The molecule has 0 saturated carbocycles. The number of carbonyl (C=O) groups is 1. The van der Waals surface area contributed by atoms with E-state index in [1.165, 1.54) is 6.26 Å². The fourth-order valence-electron chi connectivity index (χ4n) is 1.99. The molecule has 5 nitrogen and oxygen atoms in total. The molecule has 20 heavy (non-hydrogen) atoms. The molecule has 2 N–H and O–H groups in total. The Labute approximate surface area is 120 Å². The molecule has 1 amide bonds. The highest BCUT2D eigenvalue weighted by molar-refractivity contribution is 7.90. The van der Waals surface area contributed by atoms with E-state index in [2.05, 4.69) is 10.6 Å². The standard InChI is InChI=1S/C14H22N2O3S/c1-5-15-14(17)12-6-7-13(10(2)8-12)16-11(3)9-20(4,18)19/h6-8,11,16H,5,9H2,1-4H3,(H,15,17). The Morgan fingerprint density at radius 1 is 1.35 bits per heavy atom. The van der Waals surface area contributed by atoms with Crippen molar-refractivity contribution >= 4 is 21.4 Å². The lowest BCUT2D eigenvalue weighted by molar-refractivity contribution is 0.0956. The second-order valence-electron chi connectivity index (χ2n) is 5.03. The van der Waals surface area contributed by atoms with Crippen LogP contribution in [0.1, 0.15) is 29.8 Å². The van der Waals surface area contributed by atoms with Gasteiger partial charge in [-0.3, -0.25) is 4.79 Å². The molecule has 0 aromatic heterocycles. The van der Waals surface area contributed by atoms with Gasteiger partial charge in [-0.1, -0.05) is 0 Å². The topological polar surface area (TPSA) is 75.3 Å². The molecular weight excluding hydrogens is 276 g/mol. The van der Waals surface area contributed by atoms with Crippen molar-refractivity contribution in [1.82, 2.24) is 5.32 Å². The molecule has 0 radical (unpaired) electrons. The molecule has 0 bridgehead atoms. The monoisotopic (exact) mass is 298 g/mol. The van der Waals surface area contributed by atoms with Crippen molar-refractivity contribution < 1.29 is 13.2 Å². The molecule has 0 aliphatic rings. The smallest absolute Gasteiger partial charge is 0.251 e. The summed E-state index contributed by atoms with van der Waals surface area (Å²) in [4.78, 5) is 11.7. The number of hydrogen-bond donors (Lipinski definition) is 2. The number of nitrogens with one attached hydrogen (secondary N) is 2. The SMILES string of the molecule is CCNC(=O)c1ccc(NC(C)CS(C)(=O)=O)c(C)c1. The second-order valence-corrected chi connectivity index (χ2v) is 7.21. The van der Waals surface area contributed by atoms with Gasteiger partial charge in [0, 0.05) is 30.1 Å². The predicted molar refractivity (Wildman–Crippen MR) is 82.0 cm³/mol. The number of rotatable bonds is 6. The maximum absolute atomic E-state index is 11.7. The highest BCUT2D eigenvalue weighted by Gasteiger charge is 2.12. The third kappa shape index (κ3) is 5.21. The first-order valence-corrected chi connectivity index (χ1v) is 8.62. The lowest BCUT2D eigenvalue weighted by Crippen LogP contribution is -2.26. The van der Waals surface area contributed by atoms with E-state index >= 15 is 0 Å². The van der Waals surface area contributed by atoms with Crippen molar-refractivity contribution in [3.8, 4) is 0 Å². The number of hydrogen-bond acceptors (Lipinski definition) is 4. The first-order chi connectivity index (χ1) is 9.23. The maximum Gasteiger partial charge on any atom is 0.251 e. The zero-order valence-corrected chi connectivity index (χ0v) is 13.2. The van der Waals surface area contributed by atoms with E-state index in [1.807, 2.05) is 20.8 Å². The van der Waals surface area contributed by atoms with Crippen molar-refractivity contribution in [2.24, 2.45) is 0 Å². The van der Waals surface area contributed by atoms with E-state index in [4.69, 9.17) is 0 Å². The number of benzene rings is 1. The van der Waals surface area contributed by atoms with Gasteiger partial charge in [0.2, 0.25) is 0 Å². The number of aryl methyl sites for hydroxylation is 1. The van der Waals surface area contributed by atoms with Gasteiger partial charge in [-0.25, -0.2) is 8.42 Å². The van der Waals surface area contributed by atoms with Gasteiger partial charge < -0.3 is 10.6 Å². The molecule has 0 heterocycles. The van der Waals surface area contributed by atoms with Gasteiger partial charge in [0.15, 0.2) is 0 Å². The van der Waals surface area contributed by atoms with E-state index in [0.717, 1.165) is 11.3 Å². The summed E-state index contributed by atoms with van der Waals surface area (Å²) in [5, 5.41) is 5.90. The molecule has 0 spiro atoms. The molecule has 6 heteroatoms. The first-order valence-electron chi connectivity index (χ1n) is 6.56. The Morgan fingerprint density at radius 3 is 2.50 bits per heavy atom. The van der Waals surface area contributed by atoms with Crippen molar-refractivity contribution in [2.45, 2.75) is 26.8 Å². The molecular formula is C14H22N2O3S. The van der Waals surface area contributed by atoms with Crippen LogP contribution in [0.25, 0.3) is 0 Å². The molecule has 0 aliphatic heterocycles. The van der Waals surface area contributed by atoms with Crippen LogP contribution in [0.5, 0.6) is 0 Å². The van der Waals surface area contributed by atoms with Crippen molar-refractivity contribution in [2.75, 3.05) is 23.9 Å². The van der Waals surface area contributed by atoms with Crippen LogP contribution in [0.3, 0.4) is 0 Å². The summed E-state index contributed by atoms with van der Waals surface area (Å²) in [5.41, 5.74) is 2.36. The second kappa shape index (κ2) is 6.74.